The molecule has 0 aliphatic heterocycles. The topological polar surface area (TPSA) is 90.7 Å². The van der Waals surface area contributed by atoms with Crippen molar-refractivity contribution in [2.75, 3.05) is 5.73 Å². The van der Waals surface area contributed by atoms with Crippen LogP contribution < -0.4 is 5.73 Å². The first-order valence-electron chi connectivity index (χ1n) is 5.40. The first-order chi connectivity index (χ1) is 9.24. The van der Waals surface area contributed by atoms with Crippen LogP contribution in [0.5, 0.6) is 0 Å². The van der Waals surface area contributed by atoms with Gasteiger partial charge in [0, 0.05) is 6.20 Å². The number of nitrogens with two attached hydrogens (primary N) is 1. The van der Waals surface area contributed by atoms with Gasteiger partial charge >= 0.3 is 0 Å². The fraction of sp³-hybridized carbons (Fsp3) is 0. The molecule has 0 spiro atoms. The number of rotatable bonds is 2. The molecular weight excluding hydrogens is 266 g/mol. The minimum atomic E-state index is 0.289. The predicted molar refractivity (Wildman–Crippen MR) is 70.2 cm³/mol. The van der Waals surface area contributed by atoms with E-state index in [9.17, 15) is 0 Å². The van der Waals surface area contributed by atoms with Crippen LogP contribution in [0.15, 0.2) is 41.2 Å². The summed E-state index contributed by atoms with van der Waals surface area (Å²) in [5, 5.41) is 4.30. The van der Waals surface area contributed by atoms with Gasteiger partial charge in [-0.25, -0.2) is 4.98 Å². The third-order valence-electron chi connectivity index (χ3n) is 2.40. The molecule has 19 heavy (non-hydrogen) atoms. The second kappa shape index (κ2) is 4.66. The van der Waals surface area contributed by atoms with Crippen LogP contribution in [0.2, 0.25) is 5.02 Å². The lowest BCUT2D eigenvalue weighted by Crippen LogP contribution is -1.89. The summed E-state index contributed by atoms with van der Waals surface area (Å²) in [5.41, 5.74) is 7.14. The van der Waals surface area contributed by atoms with Crippen molar-refractivity contribution >= 4 is 17.3 Å². The molecule has 7 heteroatoms. The summed E-state index contributed by atoms with van der Waals surface area (Å²) in [4.78, 5) is 12.4. The van der Waals surface area contributed by atoms with E-state index in [1.807, 2.05) is 0 Å². The molecule has 94 valence electrons. The summed E-state index contributed by atoms with van der Waals surface area (Å²) in [5.74, 6) is 0.607. The number of nitrogens with zero attached hydrogens (tertiary/aromatic N) is 4. The molecule has 0 saturated carbocycles. The molecule has 0 aliphatic rings. The van der Waals surface area contributed by atoms with Crippen molar-refractivity contribution in [2.45, 2.75) is 0 Å². The van der Waals surface area contributed by atoms with Crippen LogP contribution in [0.4, 0.5) is 5.69 Å². The zero-order valence-electron chi connectivity index (χ0n) is 9.62. The molecule has 2 N–H and O–H groups in total. The minimum absolute atomic E-state index is 0.289. The maximum Gasteiger partial charge on any atom is 0.276 e. The number of pyridine rings is 2. The Hall–Kier alpha value is -2.47. The van der Waals surface area contributed by atoms with Crippen molar-refractivity contribution in [1.82, 2.24) is 20.1 Å². The van der Waals surface area contributed by atoms with Crippen LogP contribution in [-0.4, -0.2) is 20.1 Å². The van der Waals surface area contributed by atoms with Crippen LogP contribution in [0.1, 0.15) is 0 Å². The average Bonchev–Trinajstić information content (AvgIpc) is 2.89. The van der Waals surface area contributed by atoms with Gasteiger partial charge in [0.05, 0.1) is 16.9 Å². The molecule has 3 rings (SSSR count). The van der Waals surface area contributed by atoms with E-state index in [2.05, 4.69) is 20.1 Å². The lowest BCUT2D eigenvalue weighted by Gasteiger charge is -1.95. The largest absolute Gasteiger partial charge is 0.397 e. The number of anilines is 1. The summed E-state index contributed by atoms with van der Waals surface area (Å²) in [6.07, 6.45) is 3.13. The van der Waals surface area contributed by atoms with E-state index < -0.39 is 0 Å². The van der Waals surface area contributed by atoms with Crippen LogP contribution in [0.25, 0.3) is 23.1 Å². The summed E-state index contributed by atoms with van der Waals surface area (Å²) in [6.45, 7) is 0. The van der Waals surface area contributed by atoms with Crippen LogP contribution >= 0.6 is 11.6 Å². The normalized spacial score (nSPS) is 10.6. The van der Waals surface area contributed by atoms with Gasteiger partial charge in [-0.05, 0) is 24.3 Å². The Bertz CT molecular complexity index is 710. The van der Waals surface area contributed by atoms with Crippen molar-refractivity contribution in [3.8, 4) is 23.1 Å². The quantitative estimate of drug-likeness (QED) is 0.771. The lowest BCUT2D eigenvalue weighted by molar-refractivity contribution is 0.431. The smallest absolute Gasteiger partial charge is 0.276 e. The van der Waals surface area contributed by atoms with Gasteiger partial charge in [-0.1, -0.05) is 16.8 Å². The van der Waals surface area contributed by atoms with Gasteiger partial charge < -0.3 is 10.3 Å². The monoisotopic (exact) mass is 273 g/mol. The van der Waals surface area contributed by atoms with Gasteiger partial charge in [0.1, 0.15) is 11.4 Å². The van der Waals surface area contributed by atoms with Crippen molar-refractivity contribution in [2.24, 2.45) is 0 Å². The van der Waals surface area contributed by atoms with Gasteiger partial charge in [0.2, 0.25) is 5.82 Å². The van der Waals surface area contributed by atoms with E-state index >= 15 is 0 Å². The van der Waals surface area contributed by atoms with Gasteiger partial charge in [-0.2, -0.15) is 4.98 Å². The number of hydrogen-bond donors (Lipinski definition) is 1. The van der Waals surface area contributed by atoms with Crippen molar-refractivity contribution in [1.29, 1.82) is 0 Å². The highest BCUT2D eigenvalue weighted by atomic mass is 35.5. The summed E-state index contributed by atoms with van der Waals surface area (Å²) in [7, 11) is 0. The maximum atomic E-state index is 6.02. The molecular formula is C12H8ClN5O. The van der Waals surface area contributed by atoms with E-state index in [1.54, 1.807) is 30.5 Å². The predicted octanol–water partition coefficient (Wildman–Crippen LogP) is 2.43. The average molecular weight is 274 g/mol. The molecule has 0 aromatic carbocycles. The van der Waals surface area contributed by atoms with E-state index in [0.717, 1.165) is 0 Å². The fourth-order valence-corrected chi connectivity index (χ4v) is 1.71. The van der Waals surface area contributed by atoms with Crippen molar-refractivity contribution < 1.29 is 4.52 Å². The Labute approximate surface area is 113 Å². The number of aromatic nitrogens is 4. The zero-order chi connectivity index (χ0) is 13.2. The third-order valence-corrected chi connectivity index (χ3v) is 2.71. The Morgan fingerprint density at radius 2 is 2.05 bits per heavy atom. The molecule has 0 unspecified atom stereocenters. The zero-order valence-corrected chi connectivity index (χ0v) is 10.4. The minimum Gasteiger partial charge on any atom is -0.397 e. The van der Waals surface area contributed by atoms with Gasteiger partial charge in [0.15, 0.2) is 0 Å². The van der Waals surface area contributed by atoms with Gasteiger partial charge in [-0.3, -0.25) is 4.98 Å². The third kappa shape index (κ3) is 2.25. The highest BCUT2D eigenvalue weighted by molar-refractivity contribution is 6.32. The standard InChI is InChI=1S/C12H8ClN5O/c13-8-2-1-5-15-10(8)11-17-12(19-18-11)9-4-3-7(14)6-16-9/h1-6H,14H2. The van der Waals surface area contributed by atoms with E-state index in [-0.39, 0.29) is 5.89 Å². The molecule has 0 bridgehead atoms. The lowest BCUT2D eigenvalue weighted by atomic mass is 10.3. The summed E-state index contributed by atoms with van der Waals surface area (Å²) in [6, 6.07) is 6.85. The molecule has 3 aromatic rings. The van der Waals surface area contributed by atoms with E-state index in [1.165, 1.54) is 6.20 Å². The van der Waals surface area contributed by atoms with Gasteiger partial charge in [-0.15, -0.1) is 0 Å². The highest BCUT2D eigenvalue weighted by Crippen LogP contribution is 2.24. The first kappa shape index (κ1) is 11.6. The number of halogens is 1. The number of nitrogen functional groups attached to an aromatic ring is 1. The van der Waals surface area contributed by atoms with Gasteiger partial charge in [0.25, 0.3) is 5.89 Å². The van der Waals surface area contributed by atoms with Crippen molar-refractivity contribution in [3.63, 3.8) is 0 Å². The number of hydrogen-bond acceptors (Lipinski definition) is 6. The van der Waals surface area contributed by atoms with Crippen molar-refractivity contribution in [3.05, 3.63) is 41.7 Å². The maximum absolute atomic E-state index is 6.02. The molecule has 0 saturated heterocycles. The molecule has 0 amide bonds. The van der Waals surface area contributed by atoms with Crippen LogP contribution in [0, 0.1) is 0 Å². The molecule has 0 atom stereocenters. The molecule has 3 aromatic heterocycles. The Kier molecular flexibility index (Phi) is 2.85. The first-order valence-corrected chi connectivity index (χ1v) is 5.78. The summed E-state index contributed by atoms with van der Waals surface area (Å²) >= 11 is 6.02. The second-order valence-corrected chi connectivity index (χ2v) is 4.14. The second-order valence-electron chi connectivity index (χ2n) is 3.73. The molecule has 0 aliphatic carbocycles. The van der Waals surface area contributed by atoms with Crippen LogP contribution in [0.3, 0.4) is 0 Å². The molecule has 6 nitrogen and oxygen atoms in total. The van der Waals surface area contributed by atoms with Crippen LogP contribution in [-0.2, 0) is 0 Å². The summed E-state index contributed by atoms with van der Waals surface area (Å²) < 4.78 is 5.14. The van der Waals surface area contributed by atoms with E-state index in [4.69, 9.17) is 21.9 Å². The Morgan fingerprint density at radius 1 is 1.16 bits per heavy atom. The SMILES string of the molecule is Nc1ccc(-c2nc(-c3ncccc3Cl)no2)nc1. The Balaban J connectivity index is 2.00. The molecule has 0 fully saturated rings. The molecule has 0 radical (unpaired) electrons. The van der Waals surface area contributed by atoms with E-state index in [0.29, 0.717) is 27.9 Å². The molecule has 3 heterocycles. The Morgan fingerprint density at radius 3 is 2.79 bits per heavy atom. The fourth-order valence-electron chi connectivity index (χ4n) is 1.51. The highest BCUT2D eigenvalue weighted by Gasteiger charge is 2.14.